The van der Waals surface area contributed by atoms with E-state index in [-0.39, 0.29) is 36.5 Å². The Morgan fingerprint density at radius 2 is 2.00 bits per heavy atom. The Balaban J connectivity index is 1.42. The van der Waals surface area contributed by atoms with Crippen molar-refractivity contribution in [2.24, 2.45) is 16.5 Å². The highest BCUT2D eigenvalue weighted by molar-refractivity contribution is 5.98. The molecule has 0 bridgehead atoms. The number of fused-ring (bicyclic) bond motifs is 1. The number of aliphatic imine (C=N–C) groups is 1. The minimum atomic E-state index is -2.56. The van der Waals surface area contributed by atoms with Crippen molar-refractivity contribution in [3.63, 3.8) is 0 Å². The molecule has 1 unspecified atom stereocenters. The first-order valence-corrected chi connectivity index (χ1v) is 13.7. The lowest BCUT2D eigenvalue weighted by Gasteiger charge is -2.46. The van der Waals surface area contributed by atoms with Crippen LogP contribution in [0.2, 0.25) is 0 Å². The zero-order valence-electron chi connectivity index (χ0n) is 23.3. The molecule has 14 nitrogen and oxygen atoms in total. The fraction of sp³-hybridized carbons (Fsp3) is 0.615. The van der Waals surface area contributed by atoms with Gasteiger partial charge in [-0.1, -0.05) is 26.0 Å². The van der Waals surface area contributed by atoms with Crippen LogP contribution in [-0.2, 0) is 5.41 Å². The molecular formula is C26H40N9O5+. The van der Waals surface area contributed by atoms with Gasteiger partial charge in [-0.2, -0.15) is 0 Å². The average molecular weight is 559 g/mol. The number of carbonyl (C=O) groups is 2. The van der Waals surface area contributed by atoms with Crippen molar-refractivity contribution in [1.29, 1.82) is 0 Å². The van der Waals surface area contributed by atoms with Crippen LogP contribution in [-0.4, -0.2) is 106 Å². The molecule has 5 rings (SSSR count). The van der Waals surface area contributed by atoms with Crippen LogP contribution in [0.5, 0.6) is 5.75 Å². The standard InChI is InChI=1S/C26H39N9O5/c1-5-34(6-2)23(37)29-12-16-19-25(33-21(27)32-19)26(38,39)17(13-35(25)22(28)30-16)31-20(36)14-8-7-9-15-18(14)40-11-10-24(15,3)4/h7-9,16-17,19,38-39H,5-6,10-13H2,1-4H3,(H2,28,30)(H,29,37)(H,31,36)(H3,27,32,33)/p+1/t16-,17?,19-,25-/m0/s1. The van der Waals surface area contributed by atoms with Crippen molar-refractivity contribution in [3.8, 4) is 5.75 Å². The number of amides is 3. The van der Waals surface area contributed by atoms with Crippen LogP contribution in [0.15, 0.2) is 23.2 Å². The lowest BCUT2D eigenvalue weighted by molar-refractivity contribution is -0.521. The Bertz CT molecular complexity index is 1260. The van der Waals surface area contributed by atoms with Crippen molar-refractivity contribution in [1.82, 2.24) is 25.8 Å². The third kappa shape index (κ3) is 4.08. The first-order chi connectivity index (χ1) is 18.9. The summed E-state index contributed by atoms with van der Waals surface area (Å²) in [6.07, 6.45) is 0.814. The number of guanidine groups is 2. The molecule has 1 spiro atoms. The molecule has 0 aromatic heterocycles. The highest BCUT2D eigenvalue weighted by atomic mass is 16.5. The Morgan fingerprint density at radius 3 is 2.70 bits per heavy atom. The number of nitrogens with zero attached hydrogens (tertiary/aromatic N) is 3. The van der Waals surface area contributed by atoms with E-state index in [1.165, 1.54) is 4.90 Å². The SMILES string of the molecule is CCN(CC)C(=O)NC[C@@H]1N=C(N)N2CC(NC(=O)c3cccc4c3OCCC4(C)C)C(O)(O)[C@@]23NC(N)=[NH+][C@@H]13. The molecule has 218 valence electrons. The van der Waals surface area contributed by atoms with Gasteiger partial charge in [-0.15, -0.1) is 0 Å². The molecule has 4 heterocycles. The summed E-state index contributed by atoms with van der Waals surface area (Å²) in [6, 6.07) is 2.42. The van der Waals surface area contributed by atoms with Gasteiger partial charge in [0.2, 0.25) is 5.79 Å². The first-order valence-electron chi connectivity index (χ1n) is 13.7. The minimum absolute atomic E-state index is 0.0220. The van der Waals surface area contributed by atoms with E-state index in [0.717, 1.165) is 12.0 Å². The zero-order valence-corrected chi connectivity index (χ0v) is 23.3. The number of carbonyl (C=O) groups excluding carboxylic acids is 2. The van der Waals surface area contributed by atoms with Crippen LogP contribution >= 0.6 is 0 Å². The molecule has 1 saturated heterocycles. The van der Waals surface area contributed by atoms with Gasteiger partial charge in [-0.05, 0) is 31.7 Å². The van der Waals surface area contributed by atoms with E-state index in [1.54, 1.807) is 17.0 Å². The van der Waals surface area contributed by atoms with Crippen LogP contribution < -0.4 is 37.1 Å². The normalized spacial score (nSPS) is 29.1. The fourth-order valence-corrected chi connectivity index (χ4v) is 6.34. The minimum Gasteiger partial charge on any atom is -0.492 e. The highest BCUT2D eigenvalue weighted by Crippen LogP contribution is 2.42. The van der Waals surface area contributed by atoms with Gasteiger partial charge in [0.1, 0.15) is 17.8 Å². The fourth-order valence-electron chi connectivity index (χ4n) is 6.34. The van der Waals surface area contributed by atoms with Gasteiger partial charge in [-0.25, -0.2) is 15.1 Å². The smallest absolute Gasteiger partial charge is 0.343 e. The van der Waals surface area contributed by atoms with Crippen LogP contribution in [0.25, 0.3) is 0 Å². The van der Waals surface area contributed by atoms with E-state index in [0.29, 0.717) is 31.0 Å². The van der Waals surface area contributed by atoms with Crippen molar-refractivity contribution >= 4 is 23.9 Å². The molecule has 40 heavy (non-hydrogen) atoms. The molecule has 3 amide bonds. The molecule has 10 N–H and O–H groups in total. The third-order valence-electron chi connectivity index (χ3n) is 8.66. The number of nitrogens with one attached hydrogen (secondary N) is 4. The number of urea groups is 1. The van der Waals surface area contributed by atoms with Gasteiger partial charge in [0.15, 0.2) is 12.0 Å². The number of hydrogen-bond acceptors (Lipinski definition) is 10. The van der Waals surface area contributed by atoms with Gasteiger partial charge >= 0.3 is 12.0 Å². The monoisotopic (exact) mass is 558 g/mol. The van der Waals surface area contributed by atoms with E-state index in [4.69, 9.17) is 16.2 Å². The maximum Gasteiger partial charge on any atom is 0.343 e. The lowest BCUT2D eigenvalue weighted by atomic mass is 9.79. The number of para-hydroxylation sites is 1. The van der Waals surface area contributed by atoms with E-state index < -0.39 is 35.5 Å². The quantitative estimate of drug-likeness (QED) is 0.164. The molecular weight excluding hydrogens is 518 g/mol. The van der Waals surface area contributed by atoms with E-state index in [2.05, 4.69) is 39.8 Å². The van der Waals surface area contributed by atoms with Crippen LogP contribution in [0, 0.1) is 0 Å². The molecule has 1 fully saturated rings. The van der Waals surface area contributed by atoms with Gasteiger partial charge in [0.25, 0.3) is 11.6 Å². The highest BCUT2D eigenvalue weighted by Gasteiger charge is 2.76. The van der Waals surface area contributed by atoms with Crippen molar-refractivity contribution < 1.29 is 29.5 Å². The second-order valence-electron chi connectivity index (χ2n) is 11.4. The summed E-state index contributed by atoms with van der Waals surface area (Å²) in [4.78, 5) is 36.9. The molecule has 14 heteroatoms. The third-order valence-corrected chi connectivity index (χ3v) is 8.66. The number of aliphatic hydroxyl groups is 2. The molecule has 4 atom stereocenters. The molecule has 4 aliphatic rings. The Morgan fingerprint density at radius 1 is 1.27 bits per heavy atom. The van der Waals surface area contributed by atoms with Crippen molar-refractivity contribution in [2.75, 3.05) is 32.8 Å². The summed E-state index contributed by atoms with van der Waals surface area (Å²) in [6.45, 7) is 9.49. The summed E-state index contributed by atoms with van der Waals surface area (Å²) < 4.78 is 5.90. The van der Waals surface area contributed by atoms with Gasteiger partial charge in [0.05, 0.1) is 18.7 Å². The van der Waals surface area contributed by atoms with E-state index in [9.17, 15) is 19.8 Å². The molecule has 1 aromatic rings. The van der Waals surface area contributed by atoms with Crippen LogP contribution in [0.3, 0.4) is 0 Å². The average Bonchev–Trinajstić information content (AvgIpc) is 3.37. The maximum absolute atomic E-state index is 13.6. The van der Waals surface area contributed by atoms with Crippen molar-refractivity contribution in [2.45, 2.75) is 69.1 Å². The zero-order chi connectivity index (χ0) is 29.0. The van der Waals surface area contributed by atoms with Gasteiger partial charge in [-0.3, -0.25) is 20.4 Å². The summed E-state index contributed by atoms with van der Waals surface area (Å²) in [7, 11) is 0. The predicted octanol–water partition coefficient (Wildman–Crippen LogP) is -3.35. The molecule has 1 aromatic carbocycles. The molecule has 0 radical (unpaired) electrons. The lowest BCUT2D eigenvalue weighted by Crippen LogP contribution is -2.90. The van der Waals surface area contributed by atoms with E-state index in [1.807, 2.05) is 19.9 Å². The predicted molar refractivity (Wildman–Crippen MR) is 146 cm³/mol. The summed E-state index contributed by atoms with van der Waals surface area (Å²) >= 11 is 0. The van der Waals surface area contributed by atoms with Crippen LogP contribution in [0.4, 0.5) is 4.79 Å². The topological polar surface area (TPSA) is 205 Å². The largest absolute Gasteiger partial charge is 0.492 e. The Labute approximate surface area is 232 Å². The molecule has 0 aliphatic carbocycles. The molecule has 0 saturated carbocycles. The number of rotatable bonds is 6. The summed E-state index contributed by atoms with van der Waals surface area (Å²) in [5.74, 6) is -2.46. The number of nitrogens with two attached hydrogens (primary N) is 2. The Kier molecular flexibility index (Phi) is 6.73. The van der Waals surface area contributed by atoms with E-state index >= 15 is 0 Å². The summed E-state index contributed by atoms with van der Waals surface area (Å²) in [5, 5.41) is 32.0. The maximum atomic E-state index is 13.6. The second-order valence-corrected chi connectivity index (χ2v) is 11.4. The second kappa shape index (κ2) is 9.70. The van der Waals surface area contributed by atoms with Crippen LogP contribution in [0.1, 0.15) is 50.0 Å². The van der Waals surface area contributed by atoms with Gasteiger partial charge in [0, 0.05) is 25.2 Å². The van der Waals surface area contributed by atoms with Gasteiger partial charge < -0.3 is 36.2 Å². The molecule has 4 aliphatic heterocycles. The number of hydrogen-bond donors (Lipinski definition) is 8. The number of benzene rings is 1. The number of ether oxygens (including phenoxy) is 1. The first kappa shape index (κ1) is 27.8. The van der Waals surface area contributed by atoms with Crippen molar-refractivity contribution in [3.05, 3.63) is 29.3 Å². The Hall–Kier alpha value is -3.78. The summed E-state index contributed by atoms with van der Waals surface area (Å²) in [5.41, 5.74) is 11.9.